The Balaban J connectivity index is 1.92. The van der Waals surface area contributed by atoms with Crippen molar-refractivity contribution < 1.29 is 0 Å². The minimum Gasteiger partial charge on any atom is -0.256 e. The lowest BCUT2D eigenvalue weighted by Crippen LogP contribution is -1.89. The molecule has 0 N–H and O–H groups in total. The van der Waals surface area contributed by atoms with Crippen LogP contribution in [0.1, 0.15) is 5.56 Å². The number of benzene rings is 2. The fourth-order valence-corrected chi connectivity index (χ4v) is 3.34. The van der Waals surface area contributed by atoms with E-state index in [1.165, 1.54) is 10.3 Å². The van der Waals surface area contributed by atoms with Gasteiger partial charge >= 0.3 is 0 Å². The fraction of sp³-hybridized carbons (Fsp3) is 0.0526. The summed E-state index contributed by atoms with van der Waals surface area (Å²) in [5.74, 6) is 0. The van der Waals surface area contributed by atoms with Crippen molar-refractivity contribution in [2.45, 2.75) is 6.92 Å². The topological polar surface area (TPSA) is 25.8 Å². The molecule has 0 atom stereocenters. The van der Waals surface area contributed by atoms with E-state index in [0.29, 0.717) is 0 Å². The van der Waals surface area contributed by atoms with Gasteiger partial charge in [0.15, 0.2) is 0 Å². The van der Waals surface area contributed by atoms with Crippen molar-refractivity contribution in [3.05, 3.63) is 71.9 Å². The van der Waals surface area contributed by atoms with Crippen LogP contribution in [0.3, 0.4) is 0 Å². The zero-order chi connectivity index (χ0) is 14.9. The second-order valence-electron chi connectivity index (χ2n) is 5.30. The van der Waals surface area contributed by atoms with E-state index in [0.717, 1.165) is 27.9 Å². The Morgan fingerprint density at radius 2 is 1.82 bits per heavy atom. The van der Waals surface area contributed by atoms with Gasteiger partial charge in [-0.1, -0.05) is 35.9 Å². The standard InChI is InChI=1S/C19H14N2S/c1-13-4-2-5-15(10-13)19-16(6-3-9-20-19)14-7-8-18-17(11-14)21-12-22-18/h2-12H,1H3. The summed E-state index contributed by atoms with van der Waals surface area (Å²) in [6.45, 7) is 2.10. The van der Waals surface area contributed by atoms with Crippen LogP contribution in [0.4, 0.5) is 0 Å². The minimum atomic E-state index is 1.01. The van der Waals surface area contributed by atoms with Crippen LogP contribution in [0.5, 0.6) is 0 Å². The van der Waals surface area contributed by atoms with Crippen molar-refractivity contribution in [1.82, 2.24) is 9.97 Å². The molecule has 2 heterocycles. The highest BCUT2D eigenvalue weighted by molar-refractivity contribution is 7.16. The molecule has 2 aromatic heterocycles. The summed E-state index contributed by atoms with van der Waals surface area (Å²) >= 11 is 1.67. The fourth-order valence-electron chi connectivity index (χ4n) is 2.69. The van der Waals surface area contributed by atoms with Crippen molar-refractivity contribution in [1.29, 1.82) is 0 Å². The Kier molecular flexibility index (Phi) is 3.20. The molecule has 2 aromatic carbocycles. The number of rotatable bonds is 2. The molecule has 0 fully saturated rings. The number of aromatic nitrogens is 2. The van der Waals surface area contributed by atoms with Crippen LogP contribution in [0, 0.1) is 6.92 Å². The van der Waals surface area contributed by atoms with Gasteiger partial charge in [-0.05, 0) is 36.8 Å². The maximum absolute atomic E-state index is 4.62. The van der Waals surface area contributed by atoms with Gasteiger partial charge in [0.1, 0.15) is 0 Å². The average molecular weight is 302 g/mol. The zero-order valence-corrected chi connectivity index (χ0v) is 13.0. The number of hydrogen-bond acceptors (Lipinski definition) is 3. The number of nitrogens with zero attached hydrogens (tertiary/aromatic N) is 2. The van der Waals surface area contributed by atoms with Gasteiger partial charge in [0.05, 0.1) is 21.4 Å². The molecule has 0 aliphatic rings. The first-order valence-corrected chi connectivity index (χ1v) is 8.05. The van der Waals surface area contributed by atoms with Gasteiger partial charge in [-0.25, -0.2) is 4.98 Å². The molecule has 0 amide bonds. The van der Waals surface area contributed by atoms with Crippen molar-refractivity contribution in [3.8, 4) is 22.4 Å². The van der Waals surface area contributed by atoms with Crippen molar-refractivity contribution in [2.24, 2.45) is 0 Å². The molecule has 3 heteroatoms. The number of thiazole rings is 1. The summed E-state index contributed by atoms with van der Waals surface area (Å²) in [6.07, 6.45) is 1.85. The van der Waals surface area contributed by atoms with Crippen LogP contribution in [-0.2, 0) is 0 Å². The molecule has 0 radical (unpaired) electrons. The van der Waals surface area contributed by atoms with E-state index in [1.807, 2.05) is 17.8 Å². The van der Waals surface area contributed by atoms with Gasteiger partial charge in [0.2, 0.25) is 0 Å². The Bertz CT molecular complexity index is 956. The van der Waals surface area contributed by atoms with Crippen molar-refractivity contribution in [3.63, 3.8) is 0 Å². The molecule has 0 spiro atoms. The molecule has 0 unspecified atom stereocenters. The molecule has 0 saturated heterocycles. The highest BCUT2D eigenvalue weighted by Crippen LogP contribution is 2.32. The van der Waals surface area contributed by atoms with Crippen LogP contribution < -0.4 is 0 Å². The maximum atomic E-state index is 4.62. The Labute approximate surface area is 133 Å². The lowest BCUT2D eigenvalue weighted by Gasteiger charge is -2.09. The minimum absolute atomic E-state index is 1.01. The van der Waals surface area contributed by atoms with Crippen LogP contribution in [-0.4, -0.2) is 9.97 Å². The van der Waals surface area contributed by atoms with E-state index < -0.39 is 0 Å². The third-order valence-electron chi connectivity index (χ3n) is 3.74. The van der Waals surface area contributed by atoms with E-state index in [9.17, 15) is 0 Å². The van der Waals surface area contributed by atoms with Gasteiger partial charge in [-0.3, -0.25) is 4.98 Å². The van der Waals surface area contributed by atoms with Crippen LogP contribution in [0.2, 0.25) is 0 Å². The van der Waals surface area contributed by atoms with Gasteiger partial charge in [0.25, 0.3) is 0 Å². The molecule has 4 rings (SSSR count). The smallest absolute Gasteiger partial charge is 0.0818 e. The third-order valence-corrected chi connectivity index (χ3v) is 4.55. The number of hydrogen-bond donors (Lipinski definition) is 0. The monoisotopic (exact) mass is 302 g/mol. The summed E-state index contributed by atoms with van der Waals surface area (Å²) in [5, 5.41) is 0. The van der Waals surface area contributed by atoms with Crippen molar-refractivity contribution in [2.75, 3.05) is 0 Å². The molecular weight excluding hydrogens is 288 g/mol. The van der Waals surface area contributed by atoms with E-state index >= 15 is 0 Å². The summed E-state index contributed by atoms with van der Waals surface area (Å²) in [7, 11) is 0. The lowest BCUT2D eigenvalue weighted by atomic mass is 9.98. The predicted molar refractivity (Wildman–Crippen MR) is 93.0 cm³/mol. The van der Waals surface area contributed by atoms with Gasteiger partial charge < -0.3 is 0 Å². The highest BCUT2D eigenvalue weighted by Gasteiger charge is 2.09. The highest BCUT2D eigenvalue weighted by atomic mass is 32.1. The van der Waals surface area contributed by atoms with Crippen LogP contribution in [0.25, 0.3) is 32.6 Å². The molecule has 0 saturated carbocycles. The Morgan fingerprint density at radius 3 is 2.73 bits per heavy atom. The molecular formula is C19H14N2S. The summed E-state index contributed by atoms with van der Waals surface area (Å²) in [5.41, 5.74) is 8.63. The molecule has 0 aliphatic carbocycles. The maximum Gasteiger partial charge on any atom is 0.0818 e. The first kappa shape index (κ1) is 13.2. The average Bonchev–Trinajstić information content (AvgIpc) is 3.02. The molecule has 106 valence electrons. The number of fused-ring (bicyclic) bond motifs is 1. The zero-order valence-electron chi connectivity index (χ0n) is 12.2. The van der Waals surface area contributed by atoms with Crippen LogP contribution >= 0.6 is 11.3 Å². The van der Waals surface area contributed by atoms with E-state index in [4.69, 9.17) is 0 Å². The second kappa shape index (κ2) is 5.35. The molecule has 4 aromatic rings. The summed E-state index contributed by atoms with van der Waals surface area (Å²) in [4.78, 5) is 9.04. The first-order chi connectivity index (χ1) is 10.8. The number of pyridine rings is 1. The van der Waals surface area contributed by atoms with Gasteiger partial charge in [-0.15, -0.1) is 11.3 Å². The van der Waals surface area contributed by atoms with Gasteiger partial charge in [-0.2, -0.15) is 0 Å². The summed E-state index contributed by atoms with van der Waals surface area (Å²) in [6, 6.07) is 19.0. The van der Waals surface area contributed by atoms with E-state index in [2.05, 4.69) is 65.4 Å². The van der Waals surface area contributed by atoms with E-state index in [-0.39, 0.29) is 0 Å². The van der Waals surface area contributed by atoms with E-state index in [1.54, 1.807) is 11.3 Å². The molecule has 2 nitrogen and oxygen atoms in total. The molecule has 0 aliphatic heterocycles. The normalized spacial score (nSPS) is 11.0. The largest absolute Gasteiger partial charge is 0.256 e. The Hall–Kier alpha value is -2.52. The second-order valence-corrected chi connectivity index (χ2v) is 6.19. The molecule has 0 bridgehead atoms. The van der Waals surface area contributed by atoms with Gasteiger partial charge in [0, 0.05) is 17.3 Å². The molecule has 22 heavy (non-hydrogen) atoms. The number of aryl methyl sites for hydroxylation is 1. The lowest BCUT2D eigenvalue weighted by molar-refractivity contribution is 1.32. The summed E-state index contributed by atoms with van der Waals surface area (Å²) < 4.78 is 1.21. The van der Waals surface area contributed by atoms with Crippen LogP contribution in [0.15, 0.2) is 66.3 Å². The Morgan fingerprint density at radius 1 is 0.864 bits per heavy atom. The third kappa shape index (κ3) is 2.30. The predicted octanol–water partition coefficient (Wildman–Crippen LogP) is 5.33. The SMILES string of the molecule is Cc1cccc(-c2ncccc2-c2ccc3scnc3c2)c1. The van der Waals surface area contributed by atoms with Crippen molar-refractivity contribution >= 4 is 21.6 Å². The quantitative estimate of drug-likeness (QED) is 0.500. The first-order valence-electron chi connectivity index (χ1n) is 7.17.